The van der Waals surface area contributed by atoms with Gasteiger partial charge in [0.1, 0.15) is 0 Å². The van der Waals surface area contributed by atoms with E-state index in [0.29, 0.717) is 19.2 Å². The summed E-state index contributed by atoms with van der Waals surface area (Å²) in [6, 6.07) is 0.327. The largest absolute Gasteiger partial charge is 0.383 e. The van der Waals surface area contributed by atoms with Gasteiger partial charge < -0.3 is 15.4 Å². The minimum atomic E-state index is 0.0982. The second-order valence-electron chi connectivity index (χ2n) is 5.52. The van der Waals surface area contributed by atoms with Gasteiger partial charge in [-0.1, -0.05) is 26.7 Å². The van der Waals surface area contributed by atoms with Gasteiger partial charge in [0.2, 0.25) is 5.91 Å². The third kappa shape index (κ3) is 5.04. The minimum Gasteiger partial charge on any atom is -0.383 e. The molecule has 2 N–H and O–H groups in total. The molecule has 0 aromatic heterocycles. The Labute approximate surface area is 104 Å². The van der Waals surface area contributed by atoms with Gasteiger partial charge in [-0.2, -0.15) is 0 Å². The first kappa shape index (κ1) is 14.5. The van der Waals surface area contributed by atoms with Crippen LogP contribution in [0.3, 0.4) is 0 Å². The van der Waals surface area contributed by atoms with Crippen molar-refractivity contribution in [3.63, 3.8) is 0 Å². The lowest BCUT2D eigenvalue weighted by Gasteiger charge is -2.39. The number of ether oxygens (including phenoxy) is 1. The number of carbonyl (C=O) groups is 1. The lowest BCUT2D eigenvalue weighted by atomic mass is 9.73. The van der Waals surface area contributed by atoms with E-state index in [1.54, 1.807) is 7.11 Å². The van der Waals surface area contributed by atoms with E-state index in [2.05, 4.69) is 24.5 Å². The summed E-state index contributed by atoms with van der Waals surface area (Å²) in [4.78, 5) is 11.7. The summed E-state index contributed by atoms with van der Waals surface area (Å²) in [6.07, 6.45) is 4.82. The molecule has 0 saturated heterocycles. The molecule has 100 valence electrons. The van der Waals surface area contributed by atoms with Gasteiger partial charge in [0, 0.05) is 19.7 Å². The summed E-state index contributed by atoms with van der Waals surface area (Å²) in [5.41, 5.74) is 0.237. The number of carbonyl (C=O) groups excluding carboxylic acids is 1. The zero-order valence-corrected chi connectivity index (χ0v) is 11.3. The molecule has 0 bridgehead atoms. The molecule has 1 aliphatic carbocycles. The molecule has 0 radical (unpaired) electrons. The predicted molar refractivity (Wildman–Crippen MR) is 68.9 cm³/mol. The van der Waals surface area contributed by atoms with Gasteiger partial charge in [0.15, 0.2) is 0 Å². The maximum atomic E-state index is 11.7. The lowest BCUT2D eigenvalue weighted by Crippen LogP contribution is -2.49. The van der Waals surface area contributed by atoms with Crippen LogP contribution in [-0.2, 0) is 9.53 Å². The van der Waals surface area contributed by atoms with Crippen LogP contribution in [0.4, 0.5) is 0 Å². The maximum Gasteiger partial charge on any atom is 0.234 e. The first-order valence-electron chi connectivity index (χ1n) is 6.55. The molecule has 4 heteroatoms. The fourth-order valence-corrected chi connectivity index (χ4v) is 2.38. The molecule has 0 spiro atoms. The Morgan fingerprint density at radius 1 is 1.41 bits per heavy atom. The van der Waals surface area contributed by atoms with Crippen LogP contribution < -0.4 is 10.6 Å². The molecule has 1 saturated carbocycles. The van der Waals surface area contributed by atoms with Crippen LogP contribution in [0.25, 0.3) is 0 Å². The molecule has 17 heavy (non-hydrogen) atoms. The van der Waals surface area contributed by atoms with E-state index in [0.717, 1.165) is 13.0 Å². The number of methoxy groups -OCH3 is 1. The molecular weight excluding hydrogens is 216 g/mol. The van der Waals surface area contributed by atoms with E-state index in [-0.39, 0.29) is 11.3 Å². The SMILES string of the molecule is COCCNCC(=O)NC1CCCCC1(C)C. The van der Waals surface area contributed by atoms with Gasteiger partial charge in [-0.3, -0.25) is 4.79 Å². The summed E-state index contributed by atoms with van der Waals surface area (Å²) in [5, 5.41) is 6.21. The molecule has 0 aromatic carbocycles. The van der Waals surface area contributed by atoms with Gasteiger partial charge in [0.05, 0.1) is 13.2 Å². The quantitative estimate of drug-likeness (QED) is 0.690. The van der Waals surface area contributed by atoms with E-state index in [1.807, 2.05) is 0 Å². The average molecular weight is 242 g/mol. The highest BCUT2D eigenvalue weighted by Crippen LogP contribution is 2.35. The Bertz CT molecular complexity index is 242. The van der Waals surface area contributed by atoms with E-state index < -0.39 is 0 Å². The summed E-state index contributed by atoms with van der Waals surface area (Å²) in [5.74, 6) is 0.0982. The maximum absolute atomic E-state index is 11.7. The second-order valence-corrected chi connectivity index (χ2v) is 5.52. The van der Waals surface area contributed by atoms with Crippen LogP contribution in [-0.4, -0.2) is 38.8 Å². The lowest BCUT2D eigenvalue weighted by molar-refractivity contribution is -0.122. The topological polar surface area (TPSA) is 50.4 Å². The van der Waals surface area contributed by atoms with Crippen LogP contribution in [0.5, 0.6) is 0 Å². The highest BCUT2D eigenvalue weighted by Gasteiger charge is 2.32. The van der Waals surface area contributed by atoms with Crippen LogP contribution in [0, 0.1) is 5.41 Å². The number of rotatable bonds is 6. The average Bonchev–Trinajstić information content (AvgIpc) is 2.27. The van der Waals surface area contributed by atoms with Crippen molar-refractivity contribution in [3.05, 3.63) is 0 Å². The van der Waals surface area contributed by atoms with E-state index in [4.69, 9.17) is 4.74 Å². The van der Waals surface area contributed by atoms with E-state index in [1.165, 1.54) is 19.3 Å². The Balaban J connectivity index is 2.24. The van der Waals surface area contributed by atoms with Crippen molar-refractivity contribution in [2.75, 3.05) is 26.8 Å². The molecule has 1 fully saturated rings. The Morgan fingerprint density at radius 2 is 2.18 bits per heavy atom. The van der Waals surface area contributed by atoms with Crippen LogP contribution in [0.15, 0.2) is 0 Å². The zero-order chi connectivity index (χ0) is 12.7. The highest BCUT2D eigenvalue weighted by atomic mass is 16.5. The summed E-state index contributed by atoms with van der Waals surface area (Å²) in [7, 11) is 1.66. The highest BCUT2D eigenvalue weighted by molar-refractivity contribution is 5.78. The molecule has 0 heterocycles. The van der Waals surface area contributed by atoms with Crippen molar-refractivity contribution in [1.29, 1.82) is 0 Å². The summed E-state index contributed by atoms with van der Waals surface area (Å²) >= 11 is 0. The molecule has 1 aliphatic rings. The van der Waals surface area contributed by atoms with Crippen molar-refractivity contribution in [2.45, 2.75) is 45.6 Å². The smallest absolute Gasteiger partial charge is 0.234 e. The van der Waals surface area contributed by atoms with Crippen molar-refractivity contribution in [2.24, 2.45) is 5.41 Å². The molecule has 1 unspecified atom stereocenters. The van der Waals surface area contributed by atoms with Crippen LogP contribution in [0.2, 0.25) is 0 Å². The number of amides is 1. The predicted octanol–water partition coefficient (Wildman–Crippen LogP) is 1.31. The normalized spacial score (nSPS) is 23.4. The van der Waals surface area contributed by atoms with Crippen molar-refractivity contribution < 1.29 is 9.53 Å². The Kier molecular flexibility index (Phi) is 5.92. The summed E-state index contributed by atoms with van der Waals surface area (Å²) < 4.78 is 4.91. The van der Waals surface area contributed by atoms with Crippen molar-refractivity contribution >= 4 is 5.91 Å². The van der Waals surface area contributed by atoms with E-state index >= 15 is 0 Å². The third-order valence-corrected chi connectivity index (χ3v) is 3.61. The standard InChI is InChI=1S/C13H26N2O2/c1-13(2)7-5-4-6-11(13)15-12(16)10-14-8-9-17-3/h11,14H,4-10H2,1-3H3,(H,15,16). The number of hydrogen-bond acceptors (Lipinski definition) is 3. The Morgan fingerprint density at radius 3 is 2.82 bits per heavy atom. The second kappa shape index (κ2) is 6.97. The Hall–Kier alpha value is -0.610. The van der Waals surface area contributed by atoms with Gasteiger partial charge in [-0.25, -0.2) is 0 Å². The molecule has 0 aromatic rings. The fraction of sp³-hybridized carbons (Fsp3) is 0.923. The number of hydrogen-bond donors (Lipinski definition) is 2. The summed E-state index contributed by atoms with van der Waals surface area (Å²) in [6.45, 7) is 6.24. The first-order chi connectivity index (χ1) is 8.06. The first-order valence-corrected chi connectivity index (χ1v) is 6.55. The van der Waals surface area contributed by atoms with Crippen molar-refractivity contribution in [1.82, 2.24) is 10.6 Å². The molecule has 0 aliphatic heterocycles. The van der Waals surface area contributed by atoms with Gasteiger partial charge in [-0.05, 0) is 18.3 Å². The van der Waals surface area contributed by atoms with Crippen LogP contribution in [0.1, 0.15) is 39.5 Å². The molecule has 1 amide bonds. The van der Waals surface area contributed by atoms with Crippen LogP contribution >= 0.6 is 0 Å². The van der Waals surface area contributed by atoms with Gasteiger partial charge >= 0.3 is 0 Å². The monoisotopic (exact) mass is 242 g/mol. The minimum absolute atomic E-state index is 0.0982. The molecular formula is C13H26N2O2. The number of nitrogens with one attached hydrogen (secondary N) is 2. The molecule has 4 nitrogen and oxygen atoms in total. The van der Waals surface area contributed by atoms with Gasteiger partial charge in [0.25, 0.3) is 0 Å². The fourth-order valence-electron chi connectivity index (χ4n) is 2.38. The zero-order valence-electron chi connectivity index (χ0n) is 11.3. The van der Waals surface area contributed by atoms with E-state index in [9.17, 15) is 4.79 Å². The van der Waals surface area contributed by atoms with Crippen molar-refractivity contribution in [3.8, 4) is 0 Å². The third-order valence-electron chi connectivity index (χ3n) is 3.61. The van der Waals surface area contributed by atoms with Gasteiger partial charge in [-0.15, -0.1) is 0 Å². The molecule has 1 rings (SSSR count). The molecule has 1 atom stereocenters.